The summed E-state index contributed by atoms with van der Waals surface area (Å²) in [5, 5.41) is 0. The van der Waals surface area contributed by atoms with E-state index in [1.807, 2.05) is 26.2 Å². The van der Waals surface area contributed by atoms with E-state index < -0.39 is 5.97 Å². The molecule has 2 atom stereocenters. The van der Waals surface area contributed by atoms with E-state index in [2.05, 4.69) is 20.5 Å². The van der Waals surface area contributed by atoms with Crippen LogP contribution in [0.2, 0.25) is 0 Å². The number of esters is 1. The Kier molecular flexibility index (Phi) is 5.05. The number of aromatic nitrogens is 2. The molecule has 0 aromatic carbocycles. The number of H-pyrrole nitrogens is 1. The first kappa shape index (κ1) is 18.5. The second kappa shape index (κ2) is 7.11. The van der Waals surface area contributed by atoms with Crippen molar-refractivity contribution < 1.29 is 14.3 Å². The number of carbonyl (C=O) groups is 2. The van der Waals surface area contributed by atoms with Gasteiger partial charge in [-0.15, -0.1) is 0 Å². The second-order valence-corrected chi connectivity index (χ2v) is 7.10. The van der Waals surface area contributed by atoms with Gasteiger partial charge in [-0.05, 0) is 57.9 Å². The highest BCUT2D eigenvalue weighted by Gasteiger charge is 2.36. The van der Waals surface area contributed by atoms with E-state index in [0.29, 0.717) is 22.5 Å². The summed E-state index contributed by atoms with van der Waals surface area (Å²) < 4.78 is 6.97. The highest BCUT2D eigenvalue weighted by molar-refractivity contribution is 6.03. The van der Waals surface area contributed by atoms with Crippen LogP contribution in [0.4, 0.5) is 0 Å². The molecular formula is C20H27N3O3. The predicted molar refractivity (Wildman–Crippen MR) is 99.5 cm³/mol. The lowest BCUT2D eigenvalue weighted by Gasteiger charge is -2.30. The zero-order valence-electron chi connectivity index (χ0n) is 16.1. The number of aromatic amines is 1. The molecule has 1 aliphatic heterocycles. The number of hydrogen-bond acceptors (Lipinski definition) is 4. The number of likely N-dealkylation sites (tertiary alicyclic amines) is 1. The van der Waals surface area contributed by atoms with Crippen molar-refractivity contribution in [3.05, 3.63) is 46.5 Å². The molecule has 1 N–H and O–H groups in total. The second-order valence-electron chi connectivity index (χ2n) is 7.10. The molecule has 0 bridgehead atoms. The van der Waals surface area contributed by atoms with Crippen molar-refractivity contribution >= 4 is 11.8 Å². The molecule has 0 aliphatic carbocycles. The summed E-state index contributed by atoms with van der Waals surface area (Å²) in [7, 11) is 3.40. The molecule has 1 aliphatic rings. The molecule has 6 heteroatoms. The van der Waals surface area contributed by atoms with Gasteiger partial charge in [0.05, 0.1) is 30.5 Å². The van der Waals surface area contributed by atoms with Crippen LogP contribution >= 0.6 is 0 Å². The van der Waals surface area contributed by atoms with Gasteiger partial charge in [-0.3, -0.25) is 9.69 Å². The molecule has 2 aromatic rings. The van der Waals surface area contributed by atoms with E-state index in [1.165, 1.54) is 12.8 Å². The van der Waals surface area contributed by atoms with Gasteiger partial charge in [0, 0.05) is 24.6 Å². The van der Waals surface area contributed by atoms with Gasteiger partial charge in [0.15, 0.2) is 5.78 Å². The number of rotatable bonds is 5. The Balaban J connectivity index is 1.88. The Bertz CT molecular complexity index is 833. The van der Waals surface area contributed by atoms with Gasteiger partial charge in [0.1, 0.15) is 0 Å². The molecule has 140 valence electrons. The molecule has 26 heavy (non-hydrogen) atoms. The molecule has 2 aromatic heterocycles. The van der Waals surface area contributed by atoms with Crippen LogP contribution in [-0.2, 0) is 11.8 Å². The van der Waals surface area contributed by atoms with Crippen LogP contribution in [0.25, 0.3) is 0 Å². The van der Waals surface area contributed by atoms with E-state index in [4.69, 9.17) is 4.74 Å². The van der Waals surface area contributed by atoms with Gasteiger partial charge in [-0.1, -0.05) is 0 Å². The summed E-state index contributed by atoms with van der Waals surface area (Å²) in [5.74, 6) is -0.396. The van der Waals surface area contributed by atoms with Gasteiger partial charge in [0.25, 0.3) is 0 Å². The number of aryl methyl sites for hydroxylation is 2. The average molecular weight is 357 g/mol. The molecular weight excluding hydrogens is 330 g/mol. The Hall–Kier alpha value is -2.34. The lowest BCUT2D eigenvalue weighted by Crippen LogP contribution is -2.39. The maximum atomic E-state index is 13.2. The minimum absolute atomic E-state index is 0.0156. The first-order valence-electron chi connectivity index (χ1n) is 9.05. The Labute approximate surface area is 154 Å². The highest BCUT2D eigenvalue weighted by Crippen LogP contribution is 2.34. The Morgan fingerprint density at radius 2 is 2.08 bits per heavy atom. The molecule has 0 unspecified atom stereocenters. The number of methoxy groups -OCH3 is 1. The van der Waals surface area contributed by atoms with Crippen molar-refractivity contribution in [1.82, 2.24) is 14.5 Å². The summed E-state index contributed by atoms with van der Waals surface area (Å²) >= 11 is 0. The first-order chi connectivity index (χ1) is 12.4. The van der Waals surface area contributed by atoms with Gasteiger partial charge in [0.2, 0.25) is 0 Å². The predicted octanol–water partition coefficient (Wildman–Crippen LogP) is 3.16. The minimum Gasteiger partial charge on any atom is -0.465 e. The van der Waals surface area contributed by atoms with E-state index in [9.17, 15) is 9.59 Å². The maximum Gasteiger partial charge on any atom is 0.339 e. The molecule has 3 rings (SSSR count). The molecule has 1 fully saturated rings. The smallest absolute Gasteiger partial charge is 0.339 e. The number of hydrogen-bond donors (Lipinski definition) is 1. The van der Waals surface area contributed by atoms with Crippen molar-refractivity contribution in [2.75, 3.05) is 13.7 Å². The van der Waals surface area contributed by atoms with Crippen LogP contribution in [0.3, 0.4) is 0 Å². The highest BCUT2D eigenvalue weighted by atomic mass is 16.5. The van der Waals surface area contributed by atoms with Crippen molar-refractivity contribution in [3.63, 3.8) is 0 Å². The van der Waals surface area contributed by atoms with Crippen LogP contribution in [0.5, 0.6) is 0 Å². The van der Waals surface area contributed by atoms with Gasteiger partial charge in [-0.25, -0.2) is 4.79 Å². The third kappa shape index (κ3) is 2.98. The van der Waals surface area contributed by atoms with Gasteiger partial charge < -0.3 is 14.3 Å². The number of ether oxygens (including phenoxy) is 1. The summed E-state index contributed by atoms with van der Waals surface area (Å²) in [6, 6.07) is 4.14. The van der Waals surface area contributed by atoms with Gasteiger partial charge in [-0.2, -0.15) is 0 Å². The van der Waals surface area contributed by atoms with Crippen LogP contribution in [-0.4, -0.2) is 45.9 Å². The molecule has 6 nitrogen and oxygen atoms in total. The normalized spacial score (nSPS) is 18.9. The van der Waals surface area contributed by atoms with Crippen LogP contribution in [0, 0.1) is 13.8 Å². The molecule has 0 radical (unpaired) electrons. The topological polar surface area (TPSA) is 67.3 Å². The van der Waals surface area contributed by atoms with Crippen molar-refractivity contribution in [1.29, 1.82) is 0 Å². The van der Waals surface area contributed by atoms with Crippen molar-refractivity contribution in [3.8, 4) is 0 Å². The monoisotopic (exact) mass is 357 g/mol. The number of carbonyl (C=O) groups excluding carboxylic acids is 2. The van der Waals surface area contributed by atoms with Crippen molar-refractivity contribution in [2.24, 2.45) is 7.05 Å². The summed E-state index contributed by atoms with van der Waals surface area (Å²) in [4.78, 5) is 30.6. The fraction of sp³-hybridized carbons (Fsp3) is 0.500. The molecule has 1 saturated heterocycles. The lowest BCUT2D eigenvalue weighted by atomic mass is 10.0. The van der Waals surface area contributed by atoms with E-state index >= 15 is 0 Å². The minimum atomic E-state index is -0.411. The van der Waals surface area contributed by atoms with Crippen LogP contribution in [0.1, 0.15) is 63.6 Å². The van der Waals surface area contributed by atoms with Crippen LogP contribution in [0.15, 0.2) is 18.3 Å². The Morgan fingerprint density at radius 3 is 2.69 bits per heavy atom. The quantitative estimate of drug-likeness (QED) is 0.659. The Morgan fingerprint density at radius 1 is 1.35 bits per heavy atom. The van der Waals surface area contributed by atoms with E-state index in [1.54, 1.807) is 13.8 Å². The third-order valence-electron chi connectivity index (χ3n) is 5.57. The SMILES string of the molecule is COC(=O)c1c(C)[nH]c(C(=O)[C@H](C)N2CCC[C@@H]2c2cccn2C)c1C. The van der Waals surface area contributed by atoms with Gasteiger partial charge >= 0.3 is 5.97 Å². The van der Waals surface area contributed by atoms with Crippen LogP contribution < -0.4 is 0 Å². The number of nitrogens with one attached hydrogen (secondary N) is 1. The average Bonchev–Trinajstić information content (AvgIpc) is 3.32. The van der Waals surface area contributed by atoms with E-state index in [-0.39, 0.29) is 17.9 Å². The molecule has 0 saturated carbocycles. The molecule has 0 spiro atoms. The zero-order valence-corrected chi connectivity index (χ0v) is 16.1. The fourth-order valence-corrected chi connectivity index (χ4v) is 4.15. The maximum absolute atomic E-state index is 13.2. The number of ketones is 1. The summed E-state index contributed by atoms with van der Waals surface area (Å²) in [5.41, 5.74) is 3.54. The fourth-order valence-electron chi connectivity index (χ4n) is 4.15. The number of nitrogens with zero attached hydrogens (tertiary/aromatic N) is 2. The summed E-state index contributed by atoms with van der Waals surface area (Å²) in [6.07, 6.45) is 4.16. The third-order valence-corrected chi connectivity index (χ3v) is 5.57. The zero-order chi connectivity index (χ0) is 19.0. The molecule has 3 heterocycles. The van der Waals surface area contributed by atoms with Crippen molar-refractivity contribution in [2.45, 2.75) is 45.7 Å². The number of Topliss-reactive ketones (excluding diaryl/α,β-unsaturated/α-hetero) is 1. The molecule has 0 amide bonds. The first-order valence-corrected chi connectivity index (χ1v) is 9.05. The largest absolute Gasteiger partial charge is 0.465 e. The summed E-state index contributed by atoms with van der Waals surface area (Å²) in [6.45, 7) is 6.44. The van der Waals surface area contributed by atoms with E-state index in [0.717, 1.165) is 19.4 Å². The standard InChI is InChI=1S/C20H27N3O3/c1-12-17(20(25)26-5)13(2)21-18(12)19(24)14(3)23-11-7-9-16(23)15-8-6-10-22(15)4/h6,8,10,14,16,21H,7,9,11H2,1-5H3/t14-,16+/m0/s1. The lowest BCUT2D eigenvalue weighted by molar-refractivity contribution is 0.0599.